The van der Waals surface area contributed by atoms with Crippen LogP contribution >= 0.6 is 0 Å². The van der Waals surface area contributed by atoms with Crippen LogP contribution in [0.1, 0.15) is 37.0 Å². The van der Waals surface area contributed by atoms with Gasteiger partial charge in [-0.15, -0.1) is 0 Å². The Bertz CT molecular complexity index is 938. The van der Waals surface area contributed by atoms with E-state index in [1.54, 1.807) is 0 Å². The van der Waals surface area contributed by atoms with Crippen LogP contribution in [-0.2, 0) is 0 Å². The molecule has 0 heterocycles. The van der Waals surface area contributed by atoms with Gasteiger partial charge >= 0.3 is 0 Å². The number of hydrogen-bond acceptors (Lipinski definition) is 4. The third-order valence-electron chi connectivity index (χ3n) is 4.63. The smallest absolute Gasteiger partial charge is 0.255 e. The minimum atomic E-state index is -0.119. The van der Waals surface area contributed by atoms with Gasteiger partial charge < -0.3 is 20.7 Å². The number of ether oxygens (including phenoxy) is 1. The highest BCUT2D eigenvalue weighted by Crippen LogP contribution is 2.24. The average Bonchev–Trinajstić information content (AvgIpc) is 2.81. The van der Waals surface area contributed by atoms with E-state index in [2.05, 4.69) is 22.9 Å². The normalized spacial score (nSPS) is 10.0. The summed E-state index contributed by atoms with van der Waals surface area (Å²) in [4.78, 5) is 12.6. The Morgan fingerprint density at radius 3 is 2.12 bits per heavy atom. The molecule has 0 aliphatic rings. The van der Waals surface area contributed by atoms with E-state index in [-0.39, 0.29) is 5.91 Å². The molecule has 5 heteroatoms. The number of unbranched alkanes of at least 4 members (excludes halogenated alkanes) is 1. The first-order chi connectivity index (χ1) is 15.6. The molecular weight excluding hydrogens is 398 g/mol. The lowest BCUT2D eigenvalue weighted by molar-refractivity contribution is 0.102. The van der Waals surface area contributed by atoms with Crippen LogP contribution in [-0.4, -0.2) is 33.2 Å². The zero-order valence-corrected chi connectivity index (χ0v) is 19.6. The van der Waals surface area contributed by atoms with Crippen molar-refractivity contribution in [3.8, 4) is 16.9 Å². The lowest BCUT2D eigenvalue weighted by Crippen LogP contribution is -2.11. The van der Waals surface area contributed by atoms with Gasteiger partial charge in [-0.2, -0.15) is 0 Å². The molecule has 170 valence electrons. The lowest BCUT2D eigenvalue weighted by Gasteiger charge is -2.09. The molecule has 1 amide bonds. The molecular formula is C27H35N3O2. The van der Waals surface area contributed by atoms with Crippen LogP contribution in [0.3, 0.4) is 0 Å². The summed E-state index contributed by atoms with van der Waals surface area (Å²) in [6.45, 7) is 5.74. The van der Waals surface area contributed by atoms with Crippen molar-refractivity contribution < 1.29 is 9.53 Å². The maximum atomic E-state index is 12.6. The molecule has 0 atom stereocenters. The van der Waals surface area contributed by atoms with E-state index >= 15 is 0 Å². The molecule has 0 unspecified atom stereocenters. The van der Waals surface area contributed by atoms with Crippen molar-refractivity contribution in [1.29, 1.82) is 0 Å². The standard InChI is InChI=1S/C25H28N2O2.C2H7N/c1-3-5-17-26-22-13-15-23(16-14-22)27-25(28)20-11-9-19(10-12-20)21-7-6-8-24(18-21)29-4-2;1-3-2/h6-16,18,26H,3-5,17H2,1-2H3,(H,27,28);3H,1-2H3. The summed E-state index contributed by atoms with van der Waals surface area (Å²) in [6, 6.07) is 23.4. The maximum Gasteiger partial charge on any atom is 0.255 e. The fourth-order valence-electron chi connectivity index (χ4n) is 3.03. The Morgan fingerprint density at radius 2 is 1.50 bits per heavy atom. The van der Waals surface area contributed by atoms with Crippen molar-refractivity contribution in [1.82, 2.24) is 5.32 Å². The number of hydrogen-bond donors (Lipinski definition) is 3. The highest BCUT2D eigenvalue weighted by atomic mass is 16.5. The van der Waals surface area contributed by atoms with E-state index in [1.165, 1.54) is 0 Å². The Labute approximate surface area is 192 Å². The third kappa shape index (κ3) is 8.08. The summed E-state index contributed by atoms with van der Waals surface area (Å²) in [7, 11) is 3.75. The van der Waals surface area contributed by atoms with Gasteiger partial charge in [0.1, 0.15) is 5.75 Å². The fourth-order valence-corrected chi connectivity index (χ4v) is 3.03. The summed E-state index contributed by atoms with van der Waals surface area (Å²) in [5.41, 5.74) is 4.58. The third-order valence-corrected chi connectivity index (χ3v) is 4.63. The summed E-state index contributed by atoms with van der Waals surface area (Å²) in [6.07, 6.45) is 2.31. The Morgan fingerprint density at radius 1 is 0.844 bits per heavy atom. The van der Waals surface area contributed by atoms with E-state index in [0.29, 0.717) is 12.2 Å². The molecule has 0 fully saturated rings. The van der Waals surface area contributed by atoms with E-state index < -0.39 is 0 Å². The van der Waals surface area contributed by atoms with Gasteiger partial charge in [0.05, 0.1) is 6.61 Å². The number of benzene rings is 3. The highest BCUT2D eigenvalue weighted by molar-refractivity contribution is 6.04. The molecule has 32 heavy (non-hydrogen) atoms. The first kappa shape index (κ1) is 25.0. The van der Waals surface area contributed by atoms with E-state index in [9.17, 15) is 4.79 Å². The molecule has 5 nitrogen and oxygen atoms in total. The second kappa shape index (κ2) is 13.9. The van der Waals surface area contributed by atoms with Crippen LogP contribution in [0.2, 0.25) is 0 Å². The minimum Gasteiger partial charge on any atom is -0.494 e. The predicted octanol–water partition coefficient (Wildman–Crippen LogP) is 6.05. The molecule has 0 saturated heterocycles. The number of carbonyl (C=O) groups is 1. The Kier molecular flexibility index (Phi) is 10.8. The van der Waals surface area contributed by atoms with Crippen molar-refractivity contribution in [3.05, 3.63) is 78.4 Å². The van der Waals surface area contributed by atoms with Gasteiger partial charge in [0, 0.05) is 23.5 Å². The van der Waals surface area contributed by atoms with Crippen LogP contribution in [0.4, 0.5) is 11.4 Å². The predicted molar refractivity (Wildman–Crippen MR) is 136 cm³/mol. The SMILES string of the molecule is CCCCNc1ccc(NC(=O)c2ccc(-c3cccc(OCC)c3)cc2)cc1.CNC. The zero-order chi connectivity index (χ0) is 23.2. The van der Waals surface area contributed by atoms with Gasteiger partial charge in [-0.1, -0.05) is 37.6 Å². The zero-order valence-electron chi connectivity index (χ0n) is 19.6. The summed E-state index contributed by atoms with van der Waals surface area (Å²) in [5.74, 6) is 0.728. The maximum absolute atomic E-state index is 12.6. The summed E-state index contributed by atoms with van der Waals surface area (Å²) >= 11 is 0. The quantitative estimate of drug-likeness (QED) is 0.359. The van der Waals surface area contributed by atoms with Crippen molar-refractivity contribution in [2.75, 3.05) is 37.9 Å². The molecule has 0 aliphatic heterocycles. The van der Waals surface area contributed by atoms with Crippen LogP contribution in [0.15, 0.2) is 72.8 Å². The number of carbonyl (C=O) groups excluding carboxylic acids is 1. The highest BCUT2D eigenvalue weighted by Gasteiger charge is 2.07. The van der Waals surface area contributed by atoms with Crippen LogP contribution in [0, 0.1) is 0 Å². The molecule has 0 radical (unpaired) electrons. The van der Waals surface area contributed by atoms with Gasteiger partial charge in [-0.05, 0) is 87.1 Å². The average molecular weight is 434 g/mol. The largest absolute Gasteiger partial charge is 0.494 e. The second-order valence-corrected chi connectivity index (χ2v) is 7.35. The number of amides is 1. The molecule has 0 aromatic heterocycles. The number of rotatable bonds is 9. The number of nitrogens with one attached hydrogen (secondary N) is 3. The summed E-state index contributed by atoms with van der Waals surface area (Å²) < 4.78 is 5.56. The van der Waals surface area contributed by atoms with Gasteiger partial charge in [0.2, 0.25) is 0 Å². The molecule has 0 aliphatic carbocycles. The van der Waals surface area contributed by atoms with Crippen molar-refractivity contribution >= 4 is 17.3 Å². The Hall–Kier alpha value is -3.31. The fraction of sp³-hybridized carbons (Fsp3) is 0.296. The van der Waals surface area contributed by atoms with Crippen LogP contribution in [0.25, 0.3) is 11.1 Å². The molecule has 0 saturated carbocycles. The van der Waals surface area contributed by atoms with Crippen LogP contribution < -0.4 is 20.7 Å². The molecule has 3 aromatic rings. The lowest BCUT2D eigenvalue weighted by atomic mass is 10.0. The molecule has 3 N–H and O–H groups in total. The molecule has 0 spiro atoms. The first-order valence-electron chi connectivity index (χ1n) is 11.2. The Balaban J connectivity index is 0.00000114. The van der Waals surface area contributed by atoms with Crippen molar-refractivity contribution in [2.45, 2.75) is 26.7 Å². The minimum absolute atomic E-state index is 0.119. The van der Waals surface area contributed by atoms with Gasteiger partial charge in [-0.25, -0.2) is 0 Å². The summed E-state index contributed by atoms with van der Waals surface area (Å²) in [5, 5.41) is 9.07. The van der Waals surface area contributed by atoms with E-state index in [4.69, 9.17) is 4.74 Å². The monoisotopic (exact) mass is 433 g/mol. The van der Waals surface area contributed by atoms with E-state index in [1.807, 2.05) is 93.8 Å². The topological polar surface area (TPSA) is 62.4 Å². The van der Waals surface area contributed by atoms with Crippen LogP contribution in [0.5, 0.6) is 5.75 Å². The molecule has 3 rings (SSSR count). The molecule has 3 aromatic carbocycles. The van der Waals surface area contributed by atoms with Crippen molar-refractivity contribution in [2.24, 2.45) is 0 Å². The second-order valence-electron chi connectivity index (χ2n) is 7.35. The van der Waals surface area contributed by atoms with Gasteiger partial charge in [0.25, 0.3) is 5.91 Å². The molecule has 0 bridgehead atoms. The first-order valence-corrected chi connectivity index (χ1v) is 11.2. The number of anilines is 2. The van der Waals surface area contributed by atoms with Crippen molar-refractivity contribution in [3.63, 3.8) is 0 Å². The van der Waals surface area contributed by atoms with E-state index in [0.717, 1.165) is 47.6 Å². The van der Waals surface area contributed by atoms with Gasteiger partial charge in [-0.3, -0.25) is 4.79 Å². The van der Waals surface area contributed by atoms with Gasteiger partial charge in [0.15, 0.2) is 0 Å².